The Hall–Kier alpha value is -0.510. The number of piperidine rings is 1. The lowest BCUT2D eigenvalue weighted by atomic mass is 9.92. The lowest BCUT2D eigenvalue weighted by Crippen LogP contribution is -2.45. The quantitative estimate of drug-likeness (QED) is 0.796. The van der Waals surface area contributed by atoms with Crippen LogP contribution in [0.2, 0.25) is 10.2 Å². The first-order valence-corrected chi connectivity index (χ1v) is 6.79. The number of hydrogen-bond donors (Lipinski definition) is 1. The van der Waals surface area contributed by atoms with Gasteiger partial charge in [-0.15, -0.1) is 0 Å². The second-order valence-corrected chi connectivity index (χ2v) is 5.55. The third kappa shape index (κ3) is 2.12. The zero-order valence-corrected chi connectivity index (χ0v) is 11.0. The van der Waals surface area contributed by atoms with Gasteiger partial charge in [-0.3, -0.25) is 0 Å². The zero-order chi connectivity index (χ0) is 11.8. The van der Waals surface area contributed by atoms with Crippen LogP contribution in [0, 0.1) is 5.92 Å². The topological polar surface area (TPSA) is 28.2 Å². The fourth-order valence-corrected chi connectivity index (χ4v) is 3.22. The molecule has 2 fully saturated rings. The predicted octanol–water partition coefficient (Wildman–Crippen LogP) is 2.58. The summed E-state index contributed by atoms with van der Waals surface area (Å²) in [5, 5.41) is 4.39. The van der Waals surface area contributed by atoms with Gasteiger partial charge < -0.3 is 10.2 Å². The van der Waals surface area contributed by atoms with E-state index in [4.69, 9.17) is 23.2 Å². The van der Waals surface area contributed by atoms with Crippen molar-refractivity contribution in [2.24, 2.45) is 5.92 Å². The Morgan fingerprint density at radius 3 is 3.06 bits per heavy atom. The molecule has 0 spiro atoms. The zero-order valence-electron chi connectivity index (χ0n) is 9.50. The summed E-state index contributed by atoms with van der Waals surface area (Å²) >= 11 is 11.9. The molecule has 1 aromatic rings. The highest BCUT2D eigenvalue weighted by Crippen LogP contribution is 2.32. The van der Waals surface area contributed by atoms with Gasteiger partial charge in [-0.05, 0) is 24.8 Å². The van der Waals surface area contributed by atoms with Crippen LogP contribution < -0.4 is 10.2 Å². The van der Waals surface area contributed by atoms with E-state index in [0.717, 1.165) is 31.2 Å². The van der Waals surface area contributed by atoms with E-state index in [1.165, 1.54) is 12.8 Å². The first kappa shape index (κ1) is 11.6. The molecule has 3 rings (SSSR count). The van der Waals surface area contributed by atoms with Crippen LogP contribution in [0.4, 0.5) is 5.69 Å². The molecule has 1 aromatic heterocycles. The molecule has 3 heterocycles. The molecule has 2 saturated heterocycles. The number of anilines is 1. The van der Waals surface area contributed by atoms with Crippen LogP contribution in [-0.2, 0) is 0 Å². The molecule has 0 aliphatic carbocycles. The summed E-state index contributed by atoms with van der Waals surface area (Å²) in [7, 11) is 0. The summed E-state index contributed by atoms with van der Waals surface area (Å²) < 4.78 is 0. The van der Waals surface area contributed by atoms with E-state index in [1.54, 1.807) is 0 Å². The monoisotopic (exact) mass is 271 g/mol. The minimum absolute atomic E-state index is 0.383. The van der Waals surface area contributed by atoms with Gasteiger partial charge in [0.05, 0.1) is 16.9 Å². The van der Waals surface area contributed by atoms with Crippen molar-refractivity contribution < 1.29 is 0 Å². The summed E-state index contributed by atoms with van der Waals surface area (Å²) in [5.74, 6) is 0.762. The van der Waals surface area contributed by atoms with Gasteiger partial charge in [0.15, 0.2) is 0 Å². The lowest BCUT2D eigenvalue weighted by molar-refractivity contribution is 0.385. The average molecular weight is 272 g/mol. The highest BCUT2D eigenvalue weighted by Gasteiger charge is 2.35. The van der Waals surface area contributed by atoms with Crippen molar-refractivity contribution in [1.82, 2.24) is 10.3 Å². The van der Waals surface area contributed by atoms with Crippen molar-refractivity contribution in [3.63, 3.8) is 0 Å². The molecule has 0 aromatic carbocycles. The highest BCUT2D eigenvalue weighted by atomic mass is 35.5. The Labute approximate surface area is 111 Å². The Balaban J connectivity index is 1.89. The first-order valence-electron chi connectivity index (χ1n) is 6.04. The number of aromatic nitrogens is 1. The van der Waals surface area contributed by atoms with E-state index >= 15 is 0 Å². The summed E-state index contributed by atoms with van der Waals surface area (Å²) in [5.41, 5.74) is 1.10. The Morgan fingerprint density at radius 1 is 1.35 bits per heavy atom. The molecular formula is C12H15Cl2N3. The molecule has 0 bridgehead atoms. The molecule has 0 radical (unpaired) electrons. The summed E-state index contributed by atoms with van der Waals surface area (Å²) in [4.78, 5) is 6.56. The lowest BCUT2D eigenvalue weighted by Gasteiger charge is -2.38. The molecule has 2 aliphatic rings. The van der Waals surface area contributed by atoms with Gasteiger partial charge in [-0.2, -0.15) is 0 Å². The van der Waals surface area contributed by atoms with E-state index in [2.05, 4.69) is 15.2 Å². The van der Waals surface area contributed by atoms with Gasteiger partial charge in [0.1, 0.15) is 5.15 Å². The fourth-order valence-electron chi connectivity index (χ4n) is 2.96. The van der Waals surface area contributed by atoms with E-state index < -0.39 is 0 Å². The molecule has 5 heteroatoms. The summed E-state index contributed by atoms with van der Waals surface area (Å²) in [6.45, 7) is 3.28. The maximum Gasteiger partial charge on any atom is 0.147 e. The van der Waals surface area contributed by atoms with Gasteiger partial charge in [0.2, 0.25) is 0 Å². The number of rotatable bonds is 1. The van der Waals surface area contributed by atoms with E-state index in [-0.39, 0.29) is 0 Å². The molecule has 1 N–H and O–H groups in total. The highest BCUT2D eigenvalue weighted by molar-refractivity contribution is 6.41. The Morgan fingerprint density at radius 2 is 2.24 bits per heavy atom. The Kier molecular flexibility index (Phi) is 3.16. The smallest absolute Gasteiger partial charge is 0.147 e. The number of hydrogen-bond acceptors (Lipinski definition) is 3. The van der Waals surface area contributed by atoms with Crippen molar-refractivity contribution in [3.05, 3.63) is 22.4 Å². The fraction of sp³-hybridized carbons (Fsp3) is 0.583. The summed E-state index contributed by atoms with van der Waals surface area (Å²) in [6, 6.07) is 2.51. The standard InChI is InChI=1S/C12H15Cl2N3/c13-10-4-9(6-16-12(10)14)17-3-1-2-8-5-15-7-11(8)17/h4,6,8,11,15H,1-3,5,7H2/t8-,11+/m1/s1. The second kappa shape index (κ2) is 4.63. The molecule has 3 nitrogen and oxygen atoms in total. The third-order valence-electron chi connectivity index (χ3n) is 3.79. The number of nitrogens with one attached hydrogen (secondary N) is 1. The molecular weight excluding hydrogens is 257 g/mol. The average Bonchev–Trinajstić information content (AvgIpc) is 2.80. The van der Waals surface area contributed by atoms with Crippen molar-refractivity contribution in [1.29, 1.82) is 0 Å². The SMILES string of the molecule is Clc1cc(N2CCC[C@@H]3CNC[C@@H]32)cnc1Cl. The molecule has 2 atom stereocenters. The number of pyridine rings is 1. The Bertz CT molecular complexity index is 424. The van der Waals surface area contributed by atoms with Crippen molar-refractivity contribution >= 4 is 28.9 Å². The molecule has 2 aliphatic heterocycles. The van der Waals surface area contributed by atoms with Gasteiger partial charge in [0.25, 0.3) is 0 Å². The van der Waals surface area contributed by atoms with Crippen molar-refractivity contribution in [2.45, 2.75) is 18.9 Å². The van der Waals surface area contributed by atoms with Crippen LogP contribution in [0.5, 0.6) is 0 Å². The third-order valence-corrected chi connectivity index (χ3v) is 4.48. The van der Waals surface area contributed by atoms with Crippen LogP contribution in [0.15, 0.2) is 12.3 Å². The minimum Gasteiger partial charge on any atom is -0.366 e. The van der Waals surface area contributed by atoms with E-state index in [0.29, 0.717) is 16.2 Å². The van der Waals surface area contributed by atoms with Crippen molar-refractivity contribution in [2.75, 3.05) is 24.5 Å². The van der Waals surface area contributed by atoms with Gasteiger partial charge in [0, 0.05) is 25.7 Å². The van der Waals surface area contributed by atoms with Gasteiger partial charge >= 0.3 is 0 Å². The maximum atomic E-state index is 6.04. The minimum atomic E-state index is 0.383. The van der Waals surface area contributed by atoms with Gasteiger partial charge in [-0.25, -0.2) is 4.98 Å². The van der Waals surface area contributed by atoms with Gasteiger partial charge in [-0.1, -0.05) is 23.2 Å². The van der Waals surface area contributed by atoms with Crippen LogP contribution in [0.25, 0.3) is 0 Å². The normalized spacial score (nSPS) is 28.2. The van der Waals surface area contributed by atoms with Crippen LogP contribution in [-0.4, -0.2) is 30.7 Å². The maximum absolute atomic E-state index is 6.04. The van der Waals surface area contributed by atoms with Crippen LogP contribution in [0.3, 0.4) is 0 Å². The molecule has 0 unspecified atom stereocenters. The molecule has 92 valence electrons. The van der Waals surface area contributed by atoms with E-state index in [1.807, 2.05) is 12.3 Å². The number of fused-ring (bicyclic) bond motifs is 1. The molecule has 0 saturated carbocycles. The number of halogens is 2. The predicted molar refractivity (Wildman–Crippen MR) is 71.0 cm³/mol. The first-order chi connectivity index (χ1) is 8.25. The van der Waals surface area contributed by atoms with E-state index in [9.17, 15) is 0 Å². The van der Waals surface area contributed by atoms with Crippen LogP contribution in [0.1, 0.15) is 12.8 Å². The summed E-state index contributed by atoms with van der Waals surface area (Å²) in [6.07, 6.45) is 4.39. The number of nitrogens with zero attached hydrogens (tertiary/aromatic N) is 2. The van der Waals surface area contributed by atoms with Crippen LogP contribution >= 0.6 is 23.2 Å². The second-order valence-electron chi connectivity index (χ2n) is 4.79. The van der Waals surface area contributed by atoms with Crippen molar-refractivity contribution in [3.8, 4) is 0 Å². The molecule has 0 amide bonds. The molecule has 17 heavy (non-hydrogen) atoms. The largest absolute Gasteiger partial charge is 0.366 e.